The molecule has 1 aromatic heterocycles. The number of anilines is 2. The minimum Gasteiger partial charge on any atom is -0.368 e. The lowest BCUT2D eigenvalue weighted by atomic mass is 10.1. The number of sulfonamides is 1. The molecule has 0 unspecified atom stereocenters. The summed E-state index contributed by atoms with van der Waals surface area (Å²) in [6.45, 7) is 2.61. The van der Waals surface area contributed by atoms with E-state index in [1.54, 1.807) is 24.3 Å². The third-order valence-corrected chi connectivity index (χ3v) is 7.27. The lowest BCUT2D eigenvalue weighted by Crippen LogP contribution is -2.48. The molecule has 1 aliphatic rings. The van der Waals surface area contributed by atoms with Gasteiger partial charge in [-0.1, -0.05) is 29.8 Å². The van der Waals surface area contributed by atoms with Crippen LogP contribution >= 0.6 is 11.6 Å². The highest BCUT2D eigenvalue weighted by Crippen LogP contribution is 2.22. The first-order valence-corrected chi connectivity index (χ1v) is 12.4. The topological polar surface area (TPSA) is 95.5 Å². The smallest absolute Gasteiger partial charge is 0.263 e. The summed E-state index contributed by atoms with van der Waals surface area (Å²) in [7, 11) is -3.73. The van der Waals surface area contributed by atoms with E-state index in [0.717, 1.165) is 11.3 Å². The first-order chi connectivity index (χ1) is 15.9. The maximum absolute atomic E-state index is 12.6. The van der Waals surface area contributed by atoms with E-state index in [0.29, 0.717) is 44.0 Å². The van der Waals surface area contributed by atoms with Crippen LogP contribution in [0.2, 0.25) is 5.02 Å². The van der Waals surface area contributed by atoms with Gasteiger partial charge in [0.1, 0.15) is 12.1 Å². The molecule has 2 aromatic carbocycles. The van der Waals surface area contributed by atoms with Crippen LogP contribution in [0.4, 0.5) is 11.5 Å². The van der Waals surface area contributed by atoms with Gasteiger partial charge in [-0.2, -0.15) is 0 Å². The SMILES string of the molecule is O=C(CCc1ccccc1Cl)N1CCN(c2ccc(S(=O)(=O)Nc3ccncn3)cc2)CC1.[HH]. The van der Waals surface area contributed by atoms with E-state index in [1.165, 1.54) is 18.6 Å². The molecule has 33 heavy (non-hydrogen) atoms. The van der Waals surface area contributed by atoms with E-state index in [9.17, 15) is 13.2 Å². The average molecular weight is 488 g/mol. The molecular weight excluding hydrogens is 462 g/mol. The summed E-state index contributed by atoms with van der Waals surface area (Å²) in [5.74, 6) is 0.330. The Bertz CT molecular complexity index is 1200. The van der Waals surface area contributed by atoms with Crippen LogP contribution in [-0.2, 0) is 21.2 Å². The van der Waals surface area contributed by atoms with Crippen LogP contribution in [0.25, 0.3) is 0 Å². The standard InChI is InChI=1S/C23H24ClN5O3S.H2/c24-21-4-2-1-3-18(21)5-10-23(30)29-15-13-28(14-16-29)19-6-8-20(9-7-19)33(31,32)27-22-11-12-25-17-26-22;/h1-4,6-9,11-12,17H,5,10,13-16H2,(H,25,26,27);1H. The number of hydrogen-bond donors (Lipinski definition) is 1. The molecular formula is C23H26ClN5O3S. The van der Waals surface area contributed by atoms with Crippen molar-refractivity contribution in [2.24, 2.45) is 0 Å². The molecule has 0 atom stereocenters. The van der Waals surface area contributed by atoms with E-state index in [-0.39, 0.29) is 18.0 Å². The summed E-state index contributed by atoms with van der Waals surface area (Å²) in [5, 5.41) is 0.688. The van der Waals surface area contributed by atoms with Crippen LogP contribution < -0.4 is 9.62 Å². The minimum atomic E-state index is -3.73. The van der Waals surface area contributed by atoms with Gasteiger partial charge < -0.3 is 9.80 Å². The van der Waals surface area contributed by atoms with Crippen molar-refractivity contribution >= 4 is 39.0 Å². The Morgan fingerprint density at radius 1 is 1.03 bits per heavy atom. The number of nitrogens with zero attached hydrogens (tertiary/aromatic N) is 4. The average Bonchev–Trinajstić information content (AvgIpc) is 2.84. The molecule has 0 aliphatic carbocycles. The Morgan fingerprint density at radius 2 is 1.76 bits per heavy atom. The van der Waals surface area contributed by atoms with Crippen molar-refractivity contribution in [1.82, 2.24) is 14.9 Å². The van der Waals surface area contributed by atoms with E-state index in [1.807, 2.05) is 29.2 Å². The molecule has 174 valence electrons. The Balaban J connectivity index is 0.00000324. The molecule has 1 amide bonds. The zero-order valence-electron chi connectivity index (χ0n) is 17.9. The molecule has 1 aliphatic heterocycles. The second-order valence-corrected chi connectivity index (χ2v) is 9.74. The van der Waals surface area contributed by atoms with Gasteiger partial charge in [-0.15, -0.1) is 0 Å². The number of halogens is 1. The Kier molecular flexibility index (Phi) is 7.10. The van der Waals surface area contributed by atoms with Gasteiger partial charge in [-0.3, -0.25) is 9.52 Å². The van der Waals surface area contributed by atoms with Gasteiger partial charge in [-0.05, 0) is 48.4 Å². The lowest BCUT2D eigenvalue weighted by Gasteiger charge is -2.36. The number of rotatable bonds is 7. The lowest BCUT2D eigenvalue weighted by molar-refractivity contribution is -0.131. The van der Waals surface area contributed by atoms with Crippen molar-refractivity contribution in [1.29, 1.82) is 0 Å². The molecule has 0 spiro atoms. The number of carbonyl (C=O) groups excluding carboxylic acids is 1. The Morgan fingerprint density at radius 3 is 2.42 bits per heavy atom. The molecule has 8 nitrogen and oxygen atoms in total. The predicted molar refractivity (Wildman–Crippen MR) is 130 cm³/mol. The minimum absolute atomic E-state index is 0. The zero-order chi connectivity index (χ0) is 23.3. The number of hydrogen-bond acceptors (Lipinski definition) is 6. The summed E-state index contributed by atoms with van der Waals surface area (Å²) in [6, 6.07) is 15.8. The molecule has 0 saturated carbocycles. The fourth-order valence-corrected chi connectivity index (χ4v) is 4.94. The van der Waals surface area contributed by atoms with Gasteiger partial charge in [0, 0.05) is 50.9 Å². The van der Waals surface area contributed by atoms with Crippen molar-refractivity contribution in [2.45, 2.75) is 17.7 Å². The number of aryl methyl sites for hydroxylation is 1. The quantitative estimate of drug-likeness (QED) is 0.548. The van der Waals surface area contributed by atoms with Crippen LogP contribution in [0.5, 0.6) is 0 Å². The third kappa shape index (κ3) is 5.80. The van der Waals surface area contributed by atoms with Crippen LogP contribution in [0.15, 0.2) is 72.0 Å². The number of aromatic nitrogens is 2. The van der Waals surface area contributed by atoms with Crippen molar-refractivity contribution < 1.29 is 14.6 Å². The largest absolute Gasteiger partial charge is 0.368 e. The summed E-state index contributed by atoms with van der Waals surface area (Å²) in [4.78, 5) is 24.4. The van der Waals surface area contributed by atoms with Crippen molar-refractivity contribution in [2.75, 3.05) is 35.8 Å². The summed E-state index contributed by atoms with van der Waals surface area (Å²) >= 11 is 6.18. The van der Waals surface area contributed by atoms with Gasteiger partial charge in [0.2, 0.25) is 5.91 Å². The third-order valence-electron chi connectivity index (χ3n) is 5.53. The number of nitrogens with one attached hydrogen (secondary N) is 1. The number of benzene rings is 2. The van der Waals surface area contributed by atoms with Crippen LogP contribution in [0.3, 0.4) is 0 Å². The maximum atomic E-state index is 12.6. The fraction of sp³-hybridized carbons (Fsp3) is 0.261. The first-order valence-electron chi connectivity index (χ1n) is 10.6. The number of carbonyl (C=O) groups is 1. The van der Waals surface area contributed by atoms with Gasteiger partial charge in [0.05, 0.1) is 4.90 Å². The van der Waals surface area contributed by atoms with Crippen LogP contribution in [0.1, 0.15) is 13.4 Å². The van der Waals surface area contributed by atoms with E-state index in [2.05, 4.69) is 19.6 Å². The maximum Gasteiger partial charge on any atom is 0.263 e. The highest BCUT2D eigenvalue weighted by Gasteiger charge is 2.22. The second kappa shape index (κ2) is 10.2. The fourth-order valence-electron chi connectivity index (χ4n) is 3.70. The monoisotopic (exact) mass is 487 g/mol. The number of piperazine rings is 1. The zero-order valence-corrected chi connectivity index (χ0v) is 19.5. The number of amides is 1. The molecule has 4 rings (SSSR count). The predicted octanol–water partition coefficient (Wildman–Crippen LogP) is 3.46. The van der Waals surface area contributed by atoms with Gasteiger partial charge in [0.15, 0.2) is 0 Å². The highest BCUT2D eigenvalue weighted by molar-refractivity contribution is 7.92. The second-order valence-electron chi connectivity index (χ2n) is 7.65. The van der Waals surface area contributed by atoms with E-state index < -0.39 is 10.0 Å². The van der Waals surface area contributed by atoms with E-state index in [4.69, 9.17) is 11.6 Å². The van der Waals surface area contributed by atoms with Crippen LogP contribution in [0, 0.1) is 0 Å². The first kappa shape index (κ1) is 23.0. The molecule has 0 radical (unpaired) electrons. The molecule has 10 heteroatoms. The van der Waals surface area contributed by atoms with Crippen LogP contribution in [-0.4, -0.2) is 55.4 Å². The Hall–Kier alpha value is -3.17. The summed E-state index contributed by atoms with van der Waals surface area (Å²) < 4.78 is 27.5. The molecule has 0 bridgehead atoms. The summed E-state index contributed by atoms with van der Waals surface area (Å²) in [6.07, 6.45) is 3.80. The molecule has 1 N–H and O–H groups in total. The molecule has 3 aromatic rings. The molecule has 1 fully saturated rings. The molecule has 2 heterocycles. The molecule has 1 saturated heterocycles. The van der Waals surface area contributed by atoms with E-state index >= 15 is 0 Å². The van der Waals surface area contributed by atoms with Crippen molar-refractivity contribution in [3.8, 4) is 0 Å². The highest BCUT2D eigenvalue weighted by atomic mass is 35.5. The van der Waals surface area contributed by atoms with Gasteiger partial charge in [-0.25, -0.2) is 18.4 Å². The van der Waals surface area contributed by atoms with Crippen molar-refractivity contribution in [3.63, 3.8) is 0 Å². The summed E-state index contributed by atoms with van der Waals surface area (Å²) in [5.41, 5.74) is 1.90. The van der Waals surface area contributed by atoms with Gasteiger partial charge >= 0.3 is 0 Å². The normalized spacial score (nSPS) is 14.2. The Labute approximate surface area is 199 Å². The van der Waals surface area contributed by atoms with Gasteiger partial charge in [0.25, 0.3) is 10.0 Å². The van der Waals surface area contributed by atoms with Crippen molar-refractivity contribution in [3.05, 3.63) is 77.7 Å².